The van der Waals surface area contributed by atoms with Crippen LogP contribution in [0.25, 0.3) is 0 Å². The van der Waals surface area contributed by atoms with E-state index in [4.69, 9.17) is 5.73 Å². The van der Waals surface area contributed by atoms with E-state index in [1.54, 1.807) is 13.8 Å². The zero-order valence-electron chi connectivity index (χ0n) is 10.2. The first kappa shape index (κ1) is 12.5. The molecule has 1 aliphatic carbocycles. The van der Waals surface area contributed by atoms with Crippen LogP contribution in [0.15, 0.2) is 0 Å². The Labute approximate surface area is 92.8 Å². The van der Waals surface area contributed by atoms with Crippen LogP contribution in [0.3, 0.4) is 0 Å². The van der Waals surface area contributed by atoms with E-state index in [1.807, 2.05) is 0 Å². The molecule has 1 rings (SSSR count). The van der Waals surface area contributed by atoms with Crippen molar-refractivity contribution in [2.24, 2.45) is 17.6 Å². The molecule has 0 spiro atoms. The van der Waals surface area contributed by atoms with Crippen molar-refractivity contribution < 1.29 is 4.79 Å². The van der Waals surface area contributed by atoms with Crippen LogP contribution in [0.2, 0.25) is 0 Å². The van der Waals surface area contributed by atoms with Crippen molar-refractivity contribution in [3.05, 3.63) is 0 Å². The second-order valence-electron chi connectivity index (χ2n) is 5.56. The zero-order chi connectivity index (χ0) is 11.5. The van der Waals surface area contributed by atoms with Gasteiger partial charge in [-0.1, -0.05) is 19.8 Å². The van der Waals surface area contributed by atoms with Gasteiger partial charge < -0.3 is 11.1 Å². The summed E-state index contributed by atoms with van der Waals surface area (Å²) in [6.07, 6.45) is 5.08. The van der Waals surface area contributed by atoms with Crippen LogP contribution in [0.1, 0.15) is 46.5 Å². The predicted octanol–water partition coefficient (Wildman–Crippen LogP) is 1.67. The van der Waals surface area contributed by atoms with Gasteiger partial charge in [-0.25, -0.2) is 0 Å². The van der Waals surface area contributed by atoms with Crippen molar-refractivity contribution in [1.82, 2.24) is 5.32 Å². The lowest BCUT2D eigenvalue weighted by Crippen LogP contribution is -2.50. The highest BCUT2D eigenvalue weighted by Crippen LogP contribution is 2.27. The zero-order valence-corrected chi connectivity index (χ0v) is 10.2. The smallest absolute Gasteiger partial charge is 0.239 e. The summed E-state index contributed by atoms with van der Waals surface area (Å²) in [4.78, 5) is 11.5. The average molecular weight is 212 g/mol. The van der Waals surface area contributed by atoms with Gasteiger partial charge in [-0.2, -0.15) is 0 Å². The Morgan fingerprint density at radius 1 is 1.33 bits per heavy atom. The van der Waals surface area contributed by atoms with Gasteiger partial charge >= 0.3 is 0 Å². The van der Waals surface area contributed by atoms with Crippen LogP contribution in [0.5, 0.6) is 0 Å². The summed E-state index contributed by atoms with van der Waals surface area (Å²) < 4.78 is 0. The fraction of sp³-hybridized carbons (Fsp3) is 0.917. The molecule has 1 aliphatic rings. The Balaban J connectivity index is 2.23. The Morgan fingerprint density at radius 3 is 2.33 bits per heavy atom. The molecule has 3 nitrogen and oxygen atoms in total. The van der Waals surface area contributed by atoms with E-state index in [9.17, 15) is 4.79 Å². The Hall–Kier alpha value is -0.570. The third-order valence-electron chi connectivity index (χ3n) is 3.27. The highest BCUT2D eigenvalue weighted by Gasteiger charge is 2.23. The molecule has 0 aromatic rings. The van der Waals surface area contributed by atoms with Crippen LogP contribution >= 0.6 is 0 Å². The molecule has 0 atom stereocenters. The maximum atomic E-state index is 11.5. The van der Waals surface area contributed by atoms with Gasteiger partial charge in [-0.3, -0.25) is 4.79 Å². The minimum Gasteiger partial charge on any atom is -0.354 e. The number of carbonyl (C=O) groups is 1. The molecule has 3 N–H and O–H groups in total. The number of nitrogens with one attached hydrogen (secondary N) is 1. The molecular formula is C12H24N2O. The van der Waals surface area contributed by atoms with Crippen molar-refractivity contribution in [1.29, 1.82) is 0 Å². The second kappa shape index (κ2) is 4.97. The molecule has 0 unspecified atom stereocenters. The molecule has 88 valence electrons. The summed E-state index contributed by atoms with van der Waals surface area (Å²) >= 11 is 0. The minimum absolute atomic E-state index is 0.0406. The molecule has 1 fully saturated rings. The average Bonchev–Trinajstić information content (AvgIpc) is 2.15. The maximum absolute atomic E-state index is 11.5. The normalized spacial score (nSPS) is 27.5. The maximum Gasteiger partial charge on any atom is 0.239 e. The summed E-state index contributed by atoms with van der Waals surface area (Å²) in [5, 5.41) is 2.94. The SMILES string of the molecule is CC1CCC(CNC(=O)C(C)(C)N)CC1. The molecule has 0 aromatic carbocycles. The molecule has 1 saturated carbocycles. The Kier molecular flexibility index (Phi) is 4.14. The minimum atomic E-state index is -0.748. The van der Waals surface area contributed by atoms with E-state index in [0.29, 0.717) is 5.92 Å². The largest absolute Gasteiger partial charge is 0.354 e. The number of hydrogen-bond donors (Lipinski definition) is 2. The third-order valence-corrected chi connectivity index (χ3v) is 3.27. The van der Waals surface area contributed by atoms with Crippen LogP contribution in [-0.4, -0.2) is 18.0 Å². The van der Waals surface area contributed by atoms with Gasteiger partial charge in [0.2, 0.25) is 5.91 Å². The summed E-state index contributed by atoms with van der Waals surface area (Å²) in [5.41, 5.74) is 4.96. The topological polar surface area (TPSA) is 55.1 Å². The van der Waals surface area contributed by atoms with Crippen molar-refractivity contribution in [2.75, 3.05) is 6.54 Å². The lowest BCUT2D eigenvalue weighted by atomic mass is 9.83. The van der Waals surface area contributed by atoms with E-state index in [1.165, 1.54) is 25.7 Å². The monoisotopic (exact) mass is 212 g/mol. The van der Waals surface area contributed by atoms with Gasteiger partial charge in [0.05, 0.1) is 5.54 Å². The summed E-state index contributed by atoms with van der Waals surface area (Å²) in [6.45, 7) is 6.58. The molecule has 0 bridgehead atoms. The van der Waals surface area contributed by atoms with Crippen LogP contribution in [-0.2, 0) is 4.79 Å². The van der Waals surface area contributed by atoms with E-state index in [0.717, 1.165) is 12.5 Å². The van der Waals surface area contributed by atoms with Crippen molar-refractivity contribution in [3.8, 4) is 0 Å². The number of hydrogen-bond acceptors (Lipinski definition) is 2. The molecule has 0 aliphatic heterocycles. The number of amides is 1. The summed E-state index contributed by atoms with van der Waals surface area (Å²) in [6, 6.07) is 0. The molecule has 0 aromatic heterocycles. The molecule has 3 heteroatoms. The number of carbonyl (C=O) groups excluding carboxylic acids is 1. The van der Waals surface area contributed by atoms with E-state index in [2.05, 4.69) is 12.2 Å². The highest BCUT2D eigenvalue weighted by atomic mass is 16.2. The van der Waals surface area contributed by atoms with Gasteiger partial charge in [-0.15, -0.1) is 0 Å². The fourth-order valence-electron chi connectivity index (χ4n) is 2.00. The van der Waals surface area contributed by atoms with Crippen molar-refractivity contribution in [2.45, 2.75) is 52.0 Å². The molecule has 0 saturated heterocycles. The van der Waals surface area contributed by atoms with Gasteiger partial charge in [0.15, 0.2) is 0 Å². The second-order valence-corrected chi connectivity index (χ2v) is 5.56. The number of rotatable bonds is 3. The van der Waals surface area contributed by atoms with Gasteiger partial charge in [0, 0.05) is 6.54 Å². The first-order chi connectivity index (χ1) is 6.89. The predicted molar refractivity (Wildman–Crippen MR) is 62.4 cm³/mol. The van der Waals surface area contributed by atoms with Crippen molar-refractivity contribution >= 4 is 5.91 Å². The lowest BCUT2D eigenvalue weighted by molar-refractivity contribution is -0.125. The molecule has 0 heterocycles. The fourth-order valence-corrected chi connectivity index (χ4v) is 2.00. The van der Waals surface area contributed by atoms with Gasteiger partial charge in [0.25, 0.3) is 0 Å². The molecular weight excluding hydrogens is 188 g/mol. The highest BCUT2D eigenvalue weighted by molar-refractivity contribution is 5.84. The first-order valence-electron chi connectivity index (χ1n) is 5.96. The summed E-state index contributed by atoms with van der Waals surface area (Å²) in [7, 11) is 0. The van der Waals surface area contributed by atoms with Gasteiger partial charge in [0.1, 0.15) is 0 Å². The third kappa shape index (κ3) is 4.20. The summed E-state index contributed by atoms with van der Waals surface area (Å²) in [5.74, 6) is 1.48. The quantitative estimate of drug-likeness (QED) is 0.747. The van der Waals surface area contributed by atoms with Crippen LogP contribution in [0, 0.1) is 11.8 Å². The van der Waals surface area contributed by atoms with E-state index in [-0.39, 0.29) is 5.91 Å². The standard InChI is InChI=1S/C12H24N2O/c1-9-4-6-10(7-5-9)8-14-11(15)12(2,3)13/h9-10H,4-8,13H2,1-3H3,(H,14,15). The van der Waals surface area contributed by atoms with E-state index < -0.39 is 5.54 Å². The lowest BCUT2D eigenvalue weighted by Gasteiger charge is -2.27. The van der Waals surface area contributed by atoms with E-state index >= 15 is 0 Å². The van der Waals surface area contributed by atoms with Crippen LogP contribution in [0.4, 0.5) is 0 Å². The molecule has 0 radical (unpaired) electrons. The number of nitrogens with two attached hydrogens (primary N) is 1. The Morgan fingerprint density at radius 2 is 1.87 bits per heavy atom. The van der Waals surface area contributed by atoms with Crippen molar-refractivity contribution in [3.63, 3.8) is 0 Å². The van der Waals surface area contributed by atoms with Gasteiger partial charge in [-0.05, 0) is 38.5 Å². The Bertz CT molecular complexity index is 212. The molecule has 1 amide bonds. The first-order valence-corrected chi connectivity index (χ1v) is 5.96. The molecule has 15 heavy (non-hydrogen) atoms. The van der Waals surface area contributed by atoms with Crippen LogP contribution < -0.4 is 11.1 Å².